The fourth-order valence-electron chi connectivity index (χ4n) is 2.59. The van der Waals surface area contributed by atoms with Gasteiger partial charge >= 0.3 is 0 Å². The van der Waals surface area contributed by atoms with E-state index in [1.165, 1.54) is 0 Å². The van der Waals surface area contributed by atoms with Gasteiger partial charge in [-0.25, -0.2) is 4.98 Å². The van der Waals surface area contributed by atoms with Crippen molar-refractivity contribution in [3.05, 3.63) is 27.9 Å². The number of benzene rings is 1. The van der Waals surface area contributed by atoms with E-state index in [1.54, 1.807) is 34.6 Å². The topological polar surface area (TPSA) is 66.9 Å². The van der Waals surface area contributed by atoms with E-state index in [0.717, 1.165) is 26.7 Å². The van der Waals surface area contributed by atoms with Crippen molar-refractivity contribution in [3.63, 3.8) is 0 Å². The van der Waals surface area contributed by atoms with Gasteiger partial charge in [0.25, 0.3) is 0 Å². The molecule has 0 radical (unpaired) electrons. The molecule has 0 saturated heterocycles. The minimum Gasteiger partial charge on any atom is -0.493 e. The highest BCUT2D eigenvalue weighted by Gasteiger charge is 2.25. The molecule has 136 valence electrons. The molecule has 25 heavy (non-hydrogen) atoms. The molecule has 0 aliphatic heterocycles. The van der Waals surface area contributed by atoms with Gasteiger partial charge in [-0.05, 0) is 47.0 Å². The number of ether oxygens (including phenoxy) is 4. The molecule has 1 aromatic carbocycles. The largest absolute Gasteiger partial charge is 0.493 e. The van der Waals surface area contributed by atoms with E-state index < -0.39 is 0 Å². The van der Waals surface area contributed by atoms with Gasteiger partial charge < -0.3 is 23.7 Å². The summed E-state index contributed by atoms with van der Waals surface area (Å²) in [4.78, 5) is 12.4. The molecule has 0 aliphatic carbocycles. The third-order valence-corrected chi connectivity index (χ3v) is 4.51. The van der Waals surface area contributed by atoms with Gasteiger partial charge in [-0.2, -0.15) is 0 Å². The quantitative estimate of drug-likeness (QED) is 0.740. The van der Waals surface area contributed by atoms with Crippen LogP contribution in [0.25, 0.3) is 11.1 Å². The summed E-state index contributed by atoms with van der Waals surface area (Å²) in [5.41, 5.74) is 3.71. The summed E-state index contributed by atoms with van der Waals surface area (Å²) in [6, 6.07) is 1.91. The average Bonchev–Trinajstić information content (AvgIpc) is 2.64. The van der Waals surface area contributed by atoms with Crippen molar-refractivity contribution in [1.82, 2.24) is 4.98 Å². The van der Waals surface area contributed by atoms with Crippen LogP contribution in [0.3, 0.4) is 0 Å². The summed E-state index contributed by atoms with van der Waals surface area (Å²) in [6.45, 7) is 5.98. The van der Waals surface area contributed by atoms with Crippen LogP contribution in [-0.4, -0.2) is 40.2 Å². The van der Waals surface area contributed by atoms with Gasteiger partial charge in [0.1, 0.15) is 6.79 Å². The number of carbonyl (C=O) groups excluding carboxylic acids is 1. The molecule has 0 unspecified atom stereocenters. The van der Waals surface area contributed by atoms with Crippen LogP contribution in [0.2, 0.25) is 0 Å². The third kappa shape index (κ3) is 3.87. The SMILES string of the molecule is C=O.COc1cc(C)c(-c2c(OC)ncc(Br)c2C)c(OC)c1OC. The lowest BCUT2D eigenvalue weighted by Crippen LogP contribution is -2.02. The lowest BCUT2D eigenvalue weighted by molar-refractivity contribution is -0.0979. The molecule has 7 heteroatoms. The van der Waals surface area contributed by atoms with E-state index in [1.807, 2.05) is 26.7 Å². The summed E-state index contributed by atoms with van der Waals surface area (Å²) in [5.74, 6) is 2.27. The number of hydrogen-bond acceptors (Lipinski definition) is 6. The van der Waals surface area contributed by atoms with Crippen LogP contribution in [0, 0.1) is 13.8 Å². The van der Waals surface area contributed by atoms with Crippen molar-refractivity contribution < 1.29 is 23.7 Å². The zero-order chi connectivity index (χ0) is 19.1. The first kappa shape index (κ1) is 20.8. The van der Waals surface area contributed by atoms with Crippen molar-refractivity contribution in [2.45, 2.75) is 13.8 Å². The van der Waals surface area contributed by atoms with Crippen LogP contribution < -0.4 is 18.9 Å². The summed E-state index contributed by atoms with van der Waals surface area (Å²) in [6.07, 6.45) is 1.72. The van der Waals surface area contributed by atoms with Crippen molar-refractivity contribution in [1.29, 1.82) is 0 Å². The minimum atomic E-state index is 0.527. The van der Waals surface area contributed by atoms with Crippen LogP contribution in [0.4, 0.5) is 0 Å². The van der Waals surface area contributed by atoms with E-state index in [9.17, 15) is 0 Å². The van der Waals surface area contributed by atoms with E-state index in [4.69, 9.17) is 23.7 Å². The molecule has 0 aliphatic rings. The molecule has 0 amide bonds. The first-order chi connectivity index (χ1) is 12.0. The van der Waals surface area contributed by atoms with Crippen LogP contribution in [0.15, 0.2) is 16.7 Å². The number of hydrogen-bond donors (Lipinski definition) is 0. The number of aryl methyl sites for hydroxylation is 1. The highest BCUT2D eigenvalue weighted by molar-refractivity contribution is 9.10. The Kier molecular flexibility index (Phi) is 7.70. The van der Waals surface area contributed by atoms with Crippen molar-refractivity contribution in [2.75, 3.05) is 28.4 Å². The van der Waals surface area contributed by atoms with Gasteiger partial charge in [-0.1, -0.05) is 0 Å². The number of aromatic nitrogens is 1. The first-order valence-corrected chi connectivity index (χ1v) is 8.07. The zero-order valence-electron chi connectivity index (χ0n) is 15.2. The molecular weight excluding hydrogens is 390 g/mol. The van der Waals surface area contributed by atoms with Crippen molar-refractivity contribution in [3.8, 4) is 34.3 Å². The summed E-state index contributed by atoms with van der Waals surface area (Å²) < 4.78 is 22.9. The molecule has 0 fully saturated rings. The Labute approximate surface area is 156 Å². The molecule has 0 atom stereocenters. The Morgan fingerprint density at radius 3 is 2.00 bits per heavy atom. The molecule has 0 spiro atoms. The van der Waals surface area contributed by atoms with E-state index in [0.29, 0.717) is 23.1 Å². The number of pyridine rings is 1. The van der Waals surface area contributed by atoms with Crippen molar-refractivity contribution in [2.24, 2.45) is 0 Å². The average molecular weight is 412 g/mol. The predicted octanol–water partition coefficient (Wildman–Crippen LogP) is 3.98. The number of rotatable bonds is 5. The Hall–Kier alpha value is -2.28. The van der Waals surface area contributed by atoms with Gasteiger partial charge in [0.05, 0.1) is 34.0 Å². The summed E-state index contributed by atoms with van der Waals surface area (Å²) in [5, 5.41) is 0. The molecular formula is C18H22BrNO5. The maximum atomic E-state index is 8.00. The van der Waals surface area contributed by atoms with Gasteiger partial charge in [-0.15, -0.1) is 0 Å². The first-order valence-electron chi connectivity index (χ1n) is 7.27. The molecule has 6 nitrogen and oxygen atoms in total. The third-order valence-electron chi connectivity index (χ3n) is 3.71. The lowest BCUT2D eigenvalue weighted by atomic mass is 9.95. The van der Waals surface area contributed by atoms with Crippen LogP contribution >= 0.6 is 15.9 Å². The minimum absolute atomic E-state index is 0.527. The zero-order valence-corrected chi connectivity index (χ0v) is 16.8. The second-order valence-corrected chi connectivity index (χ2v) is 5.81. The van der Waals surface area contributed by atoms with E-state index in [2.05, 4.69) is 20.9 Å². The standard InChI is InChI=1S/C17H20BrNO4.CH2O/c1-9-7-12(20-3)15(21-4)16(22-5)13(9)14-10(2)11(18)8-19-17(14)23-6;1-2/h7-8H,1-6H3;1H2. The maximum Gasteiger partial charge on any atom is 0.221 e. The number of halogens is 1. The van der Waals surface area contributed by atoms with E-state index in [-0.39, 0.29) is 0 Å². The smallest absolute Gasteiger partial charge is 0.221 e. The summed E-state index contributed by atoms with van der Waals surface area (Å²) >= 11 is 3.53. The number of carbonyl (C=O) groups is 1. The predicted molar refractivity (Wildman–Crippen MR) is 100 cm³/mol. The molecule has 0 bridgehead atoms. The second-order valence-electron chi connectivity index (χ2n) is 4.95. The Balaban J connectivity index is 0.00000151. The number of methoxy groups -OCH3 is 4. The van der Waals surface area contributed by atoms with Gasteiger partial charge in [0.2, 0.25) is 11.6 Å². The monoisotopic (exact) mass is 411 g/mol. The molecule has 0 saturated carbocycles. The van der Waals surface area contributed by atoms with Crippen LogP contribution in [0.1, 0.15) is 11.1 Å². The molecule has 0 N–H and O–H groups in total. The maximum absolute atomic E-state index is 8.00. The lowest BCUT2D eigenvalue weighted by Gasteiger charge is -2.21. The Bertz CT molecular complexity index is 749. The van der Waals surface area contributed by atoms with Gasteiger partial charge in [0, 0.05) is 16.2 Å². The molecule has 1 heterocycles. The normalized spacial score (nSPS) is 9.72. The molecule has 1 aromatic heterocycles. The molecule has 2 rings (SSSR count). The molecule has 2 aromatic rings. The van der Waals surface area contributed by atoms with Gasteiger partial charge in [0.15, 0.2) is 11.5 Å². The second kappa shape index (κ2) is 9.27. The van der Waals surface area contributed by atoms with Crippen molar-refractivity contribution >= 4 is 22.7 Å². The fraction of sp³-hybridized carbons (Fsp3) is 0.333. The van der Waals surface area contributed by atoms with Gasteiger partial charge in [-0.3, -0.25) is 0 Å². The van der Waals surface area contributed by atoms with Crippen LogP contribution in [-0.2, 0) is 4.79 Å². The summed E-state index contributed by atoms with van der Waals surface area (Å²) in [7, 11) is 6.39. The number of nitrogens with zero attached hydrogens (tertiary/aromatic N) is 1. The van der Waals surface area contributed by atoms with E-state index >= 15 is 0 Å². The Morgan fingerprint density at radius 1 is 0.920 bits per heavy atom. The van der Waals surface area contributed by atoms with Crippen LogP contribution in [0.5, 0.6) is 23.1 Å². The highest BCUT2D eigenvalue weighted by Crippen LogP contribution is 2.49. The Morgan fingerprint density at radius 2 is 1.52 bits per heavy atom. The highest BCUT2D eigenvalue weighted by atomic mass is 79.9. The fourth-order valence-corrected chi connectivity index (χ4v) is 2.90.